The molecule has 1 amide bonds. The van der Waals surface area contributed by atoms with Crippen molar-refractivity contribution in [1.29, 1.82) is 5.41 Å². The molecule has 124 valence electrons. The summed E-state index contributed by atoms with van der Waals surface area (Å²) in [7, 11) is 1.70. The zero-order valence-electron chi connectivity index (χ0n) is 13.6. The van der Waals surface area contributed by atoms with E-state index in [-0.39, 0.29) is 17.5 Å². The molecule has 0 aliphatic carbocycles. The maximum Gasteiger partial charge on any atom is 0.261 e. The van der Waals surface area contributed by atoms with Crippen LogP contribution in [0.2, 0.25) is 0 Å². The third-order valence-electron chi connectivity index (χ3n) is 3.37. The lowest BCUT2D eigenvalue weighted by atomic mass is 10.2. The van der Waals surface area contributed by atoms with Crippen molar-refractivity contribution in [3.8, 4) is 5.75 Å². The van der Waals surface area contributed by atoms with Crippen molar-refractivity contribution < 1.29 is 9.53 Å². The number of aromatic nitrogens is 4. The van der Waals surface area contributed by atoms with Crippen molar-refractivity contribution in [3.63, 3.8) is 0 Å². The number of aryl methyl sites for hydroxylation is 1. The number of hydrogen-bond donors (Lipinski definition) is 2. The van der Waals surface area contributed by atoms with Gasteiger partial charge in [-0.15, -0.1) is 0 Å². The van der Waals surface area contributed by atoms with E-state index in [4.69, 9.17) is 10.1 Å². The lowest BCUT2D eigenvalue weighted by Crippen LogP contribution is -2.23. The number of carbonyl (C=O) groups excluding carboxylic acids is 1. The normalized spacial score (nSPS) is 11.0. The Morgan fingerprint density at radius 1 is 1.42 bits per heavy atom. The maximum absolute atomic E-state index is 12.7. The van der Waals surface area contributed by atoms with Gasteiger partial charge in [-0.1, -0.05) is 0 Å². The highest BCUT2D eigenvalue weighted by Gasteiger charge is 2.17. The van der Waals surface area contributed by atoms with Crippen LogP contribution in [-0.4, -0.2) is 31.2 Å². The quantitative estimate of drug-likeness (QED) is 0.761. The summed E-state index contributed by atoms with van der Waals surface area (Å²) in [4.78, 5) is 16.9. The van der Waals surface area contributed by atoms with Crippen LogP contribution in [0.25, 0.3) is 5.65 Å². The highest BCUT2D eigenvalue weighted by Crippen LogP contribution is 2.20. The molecule has 0 aliphatic heterocycles. The van der Waals surface area contributed by atoms with E-state index in [1.807, 2.05) is 13.8 Å². The van der Waals surface area contributed by atoms with Crippen LogP contribution in [0.3, 0.4) is 0 Å². The Balaban J connectivity index is 1.97. The standard InChI is InChI=1S/C16H18N6O2/c1-10(2)24-13-7-14(17)21(3)9-11(13)16(23)20-12-8-19-22-6-4-5-18-15(12)22/h4-10,17H,1-3H3,(H,20,23). The number of fused-ring (bicyclic) bond motifs is 1. The SMILES string of the molecule is CC(C)Oc1cc(=N)n(C)cc1C(=O)Nc1cnn2cccnc12. The number of carbonyl (C=O) groups is 1. The molecule has 0 spiro atoms. The molecule has 3 heterocycles. The first-order valence-electron chi connectivity index (χ1n) is 7.47. The Bertz CT molecular complexity index is 957. The first-order chi connectivity index (χ1) is 11.5. The molecule has 8 heteroatoms. The summed E-state index contributed by atoms with van der Waals surface area (Å²) in [6.07, 6.45) is 6.40. The molecular weight excluding hydrogens is 308 g/mol. The van der Waals surface area contributed by atoms with Gasteiger partial charge in [-0.05, 0) is 19.9 Å². The maximum atomic E-state index is 12.7. The van der Waals surface area contributed by atoms with Crippen LogP contribution < -0.4 is 15.5 Å². The van der Waals surface area contributed by atoms with Crippen LogP contribution in [0.15, 0.2) is 36.9 Å². The van der Waals surface area contributed by atoms with E-state index in [0.717, 1.165) is 0 Å². The first-order valence-corrected chi connectivity index (χ1v) is 7.47. The van der Waals surface area contributed by atoms with Crippen LogP contribution in [0.5, 0.6) is 5.75 Å². The van der Waals surface area contributed by atoms with E-state index in [2.05, 4.69) is 15.4 Å². The second-order valence-electron chi connectivity index (χ2n) is 5.61. The van der Waals surface area contributed by atoms with Crippen LogP contribution in [0.4, 0.5) is 5.69 Å². The van der Waals surface area contributed by atoms with Crippen molar-refractivity contribution in [2.75, 3.05) is 5.32 Å². The molecule has 3 aromatic heterocycles. The van der Waals surface area contributed by atoms with E-state index in [1.54, 1.807) is 47.0 Å². The average Bonchev–Trinajstić information content (AvgIpc) is 2.93. The van der Waals surface area contributed by atoms with Gasteiger partial charge in [0.2, 0.25) is 0 Å². The molecule has 0 atom stereocenters. The lowest BCUT2D eigenvalue weighted by molar-refractivity contribution is 0.102. The Kier molecular flexibility index (Phi) is 4.03. The summed E-state index contributed by atoms with van der Waals surface area (Å²) in [5, 5.41) is 14.8. The molecule has 0 saturated heterocycles. The van der Waals surface area contributed by atoms with Gasteiger partial charge in [-0.2, -0.15) is 5.10 Å². The first kappa shape index (κ1) is 15.7. The summed E-state index contributed by atoms with van der Waals surface area (Å²) in [5.74, 6) is 0.0248. The van der Waals surface area contributed by atoms with Crippen molar-refractivity contribution in [2.45, 2.75) is 20.0 Å². The molecule has 0 fully saturated rings. The number of nitrogens with zero attached hydrogens (tertiary/aromatic N) is 4. The highest BCUT2D eigenvalue weighted by molar-refractivity contribution is 6.07. The molecule has 0 bridgehead atoms. The molecule has 0 unspecified atom stereocenters. The largest absolute Gasteiger partial charge is 0.490 e. The van der Waals surface area contributed by atoms with Crippen LogP contribution in [0.1, 0.15) is 24.2 Å². The van der Waals surface area contributed by atoms with Crippen LogP contribution in [-0.2, 0) is 7.05 Å². The van der Waals surface area contributed by atoms with Crippen LogP contribution in [0, 0.1) is 5.41 Å². The zero-order chi connectivity index (χ0) is 17.3. The van der Waals surface area contributed by atoms with Crippen LogP contribution >= 0.6 is 0 Å². The van der Waals surface area contributed by atoms with Gasteiger partial charge < -0.3 is 14.6 Å². The number of ether oxygens (including phenoxy) is 1. The zero-order valence-corrected chi connectivity index (χ0v) is 13.6. The Labute approximate surface area is 138 Å². The smallest absolute Gasteiger partial charge is 0.261 e. The molecule has 0 radical (unpaired) electrons. The van der Waals surface area contributed by atoms with Gasteiger partial charge in [0.15, 0.2) is 5.65 Å². The predicted octanol–water partition coefficient (Wildman–Crippen LogP) is 1.59. The number of hydrogen-bond acceptors (Lipinski definition) is 5. The van der Waals surface area contributed by atoms with E-state index in [0.29, 0.717) is 22.6 Å². The van der Waals surface area contributed by atoms with Crippen molar-refractivity contribution in [1.82, 2.24) is 19.2 Å². The number of pyridine rings is 1. The van der Waals surface area contributed by atoms with Gasteiger partial charge in [0.1, 0.15) is 16.9 Å². The summed E-state index contributed by atoms with van der Waals surface area (Å²) in [5.41, 5.74) is 1.66. The van der Waals surface area contributed by atoms with Gasteiger partial charge in [0, 0.05) is 31.7 Å². The predicted molar refractivity (Wildman–Crippen MR) is 88.0 cm³/mol. The highest BCUT2D eigenvalue weighted by atomic mass is 16.5. The minimum Gasteiger partial charge on any atom is -0.490 e. The number of rotatable bonds is 4. The number of nitrogens with one attached hydrogen (secondary N) is 2. The van der Waals surface area contributed by atoms with Crippen molar-refractivity contribution in [2.24, 2.45) is 7.05 Å². The van der Waals surface area contributed by atoms with Gasteiger partial charge in [0.05, 0.1) is 17.9 Å². The van der Waals surface area contributed by atoms with Crippen molar-refractivity contribution >= 4 is 17.2 Å². The third-order valence-corrected chi connectivity index (χ3v) is 3.37. The molecule has 24 heavy (non-hydrogen) atoms. The molecular formula is C16H18N6O2. The molecule has 3 aromatic rings. The lowest BCUT2D eigenvalue weighted by Gasteiger charge is -2.15. The Morgan fingerprint density at radius 3 is 2.96 bits per heavy atom. The average molecular weight is 326 g/mol. The second kappa shape index (κ2) is 6.15. The van der Waals surface area contributed by atoms with E-state index < -0.39 is 0 Å². The van der Waals surface area contributed by atoms with E-state index >= 15 is 0 Å². The Hall–Kier alpha value is -3.16. The minimum absolute atomic E-state index is 0.109. The van der Waals surface area contributed by atoms with Gasteiger partial charge in [0.25, 0.3) is 5.91 Å². The summed E-state index contributed by atoms with van der Waals surface area (Å²) >= 11 is 0. The summed E-state index contributed by atoms with van der Waals surface area (Å²) in [6, 6.07) is 3.29. The fraction of sp³-hybridized carbons (Fsp3) is 0.250. The molecule has 2 N–H and O–H groups in total. The molecule has 8 nitrogen and oxygen atoms in total. The third kappa shape index (κ3) is 2.98. The van der Waals surface area contributed by atoms with Gasteiger partial charge in [-0.3, -0.25) is 10.2 Å². The fourth-order valence-electron chi connectivity index (χ4n) is 2.26. The molecule has 3 rings (SSSR count). The van der Waals surface area contributed by atoms with E-state index in [1.165, 1.54) is 6.07 Å². The van der Waals surface area contributed by atoms with Crippen molar-refractivity contribution in [3.05, 3.63) is 48.0 Å². The van der Waals surface area contributed by atoms with E-state index in [9.17, 15) is 4.79 Å². The number of anilines is 1. The fourth-order valence-corrected chi connectivity index (χ4v) is 2.26. The molecule has 0 aliphatic rings. The second-order valence-corrected chi connectivity index (χ2v) is 5.61. The molecule has 0 saturated carbocycles. The Morgan fingerprint density at radius 2 is 2.21 bits per heavy atom. The molecule has 0 aromatic carbocycles. The van der Waals surface area contributed by atoms with Gasteiger partial charge in [-0.25, -0.2) is 9.50 Å². The minimum atomic E-state index is -0.346. The topological polar surface area (TPSA) is 97.3 Å². The number of amides is 1. The monoisotopic (exact) mass is 326 g/mol. The summed E-state index contributed by atoms with van der Waals surface area (Å²) in [6.45, 7) is 3.74. The van der Waals surface area contributed by atoms with Gasteiger partial charge >= 0.3 is 0 Å². The summed E-state index contributed by atoms with van der Waals surface area (Å²) < 4.78 is 8.81.